The maximum Gasteiger partial charge on any atom is 0.257 e. The minimum absolute atomic E-state index is 0.0651. The van der Waals surface area contributed by atoms with Crippen LogP contribution in [0.4, 0.5) is 15.8 Å². The lowest BCUT2D eigenvalue weighted by Crippen LogP contribution is -2.15. The van der Waals surface area contributed by atoms with Gasteiger partial charge >= 0.3 is 0 Å². The van der Waals surface area contributed by atoms with Crippen molar-refractivity contribution < 1.29 is 9.18 Å². The van der Waals surface area contributed by atoms with E-state index in [9.17, 15) is 9.18 Å². The molecule has 0 bridgehead atoms. The molecule has 2 aromatic rings. The third-order valence-electron chi connectivity index (χ3n) is 2.63. The van der Waals surface area contributed by atoms with Crippen LogP contribution in [0.5, 0.6) is 0 Å². The van der Waals surface area contributed by atoms with Crippen molar-refractivity contribution in [1.82, 2.24) is 0 Å². The molecule has 19 heavy (non-hydrogen) atoms. The molecule has 2 rings (SSSR count). The van der Waals surface area contributed by atoms with Gasteiger partial charge in [0.2, 0.25) is 0 Å². The van der Waals surface area contributed by atoms with Crippen LogP contribution < -0.4 is 11.1 Å². The fourth-order valence-corrected chi connectivity index (χ4v) is 1.81. The summed E-state index contributed by atoms with van der Waals surface area (Å²) in [6.45, 7) is 1.85. The second kappa shape index (κ2) is 5.28. The normalized spacial score (nSPS) is 10.3. The number of amides is 1. The standard InChI is InChI=1S/C14H12ClFN2O/c1-8-2-4-12(17)10(6-8)14(19)18-13-5-3-9(15)7-11(13)16/h2-7H,17H2,1H3,(H,18,19). The molecule has 0 aliphatic rings. The van der Waals surface area contributed by atoms with Crippen LogP contribution in [-0.2, 0) is 0 Å². The van der Waals surface area contributed by atoms with Gasteiger partial charge in [0.05, 0.1) is 11.3 Å². The number of hydrogen-bond acceptors (Lipinski definition) is 2. The minimum atomic E-state index is -0.591. The van der Waals surface area contributed by atoms with Gasteiger partial charge in [-0.1, -0.05) is 23.2 Å². The Balaban J connectivity index is 2.28. The summed E-state index contributed by atoms with van der Waals surface area (Å²) >= 11 is 5.64. The average Bonchev–Trinajstić information content (AvgIpc) is 2.35. The number of nitrogen functional groups attached to an aromatic ring is 1. The summed E-state index contributed by atoms with van der Waals surface area (Å²) < 4.78 is 13.6. The van der Waals surface area contributed by atoms with E-state index in [0.29, 0.717) is 11.3 Å². The van der Waals surface area contributed by atoms with Crippen molar-refractivity contribution in [3.05, 3.63) is 58.4 Å². The first-order valence-corrected chi connectivity index (χ1v) is 5.97. The Kier molecular flexibility index (Phi) is 3.71. The molecule has 3 nitrogen and oxygen atoms in total. The van der Waals surface area contributed by atoms with Crippen molar-refractivity contribution in [3.63, 3.8) is 0 Å². The number of nitrogens with two attached hydrogens (primary N) is 1. The highest BCUT2D eigenvalue weighted by molar-refractivity contribution is 6.30. The van der Waals surface area contributed by atoms with Gasteiger partial charge in [0.25, 0.3) is 5.91 Å². The monoisotopic (exact) mass is 278 g/mol. The van der Waals surface area contributed by atoms with E-state index in [1.165, 1.54) is 12.1 Å². The van der Waals surface area contributed by atoms with Gasteiger partial charge in [-0.3, -0.25) is 4.79 Å². The Morgan fingerprint density at radius 2 is 2.00 bits per heavy atom. The molecule has 0 aromatic heterocycles. The minimum Gasteiger partial charge on any atom is -0.398 e. The van der Waals surface area contributed by atoms with E-state index >= 15 is 0 Å². The van der Waals surface area contributed by atoms with Crippen molar-refractivity contribution in [2.45, 2.75) is 6.92 Å². The molecule has 0 heterocycles. The molecule has 3 N–H and O–H groups in total. The summed E-state index contributed by atoms with van der Waals surface area (Å²) in [6, 6.07) is 9.13. The maximum absolute atomic E-state index is 13.6. The maximum atomic E-state index is 13.6. The number of anilines is 2. The van der Waals surface area contributed by atoms with Gasteiger partial charge < -0.3 is 11.1 Å². The number of hydrogen-bond donors (Lipinski definition) is 2. The summed E-state index contributed by atoms with van der Waals surface area (Å²) in [5, 5.41) is 2.74. The third kappa shape index (κ3) is 3.03. The van der Waals surface area contributed by atoms with Crippen molar-refractivity contribution in [3.8, 4) is 0 Å². The van der Waals surface area contributed by atoms with Crippen molar-refractivity contribution in [1.29, 1.82) is 0 Å². The predicted molar refractivity (Wildman–Crippen MR) is 75.0 cm³/mol. The smallest absolute Gasteiger partial charge is 0.257 e. The molecular weight excluding hydrogens is 267 g/mol. The van der Waals surface area contributed by atoms with Crippen LogP contribution in [-0.4, -0.2) is 5.91 Å². The molecule has 0 unspecified atom stereocenters. The van der Waals surface area contributed by atoms with E-state index < -0.39 is 11.7 Å². The second-order valence-corrected chi connectivity index (χ2v) is 4.61. The van der Waals surface area contributed by atoms with Gasteiger partial charge in [0.15, 0.2) is 0 Å². The van der Waals surface area contributed by atoms with Crippen molar-refractivity contribution in [2.24, 2.45) is 0 Å². The molecular formula is C14H12ClFN2O. The fraction of sp³-hybridized carbons (Fsp3) is 0.0714. The highest BCUT2D eigenvalue weighted by atomic mass is 35.5. The van der Waals surface area contributed by atoms with E-state index in [1.54, 1.807) is 18.2 Å². The number of aryl methyl sites for hydroxylation is 1. The number of halogens is 2. The van der Waals surface area contributed by atoms with Gasteiger partial charge in [0, 0.05) is 10.7 Å². The van der Waals surface area contributed by atoms with Crippen LogP contribution in [0.1, 0.15) is 15.9 Å². The lowest BCUT2D eigenvalue weighted by atomic mass is 10.1. The largest absolute Gasteiger partial charge is 0.398 e. The SMILES string of the molecule is Cc1ccc(N)c(C(=O)Nc2ccc(Cl)cc2F)c1. The van der Waals surface area contributed by atoms with E-state index in [2.05, 4.69) is 5.32 Å². The first kappa shape index (κ1) is 13.4. The molecule has 0 aliphatic carbocycles. The first-order chi connectivity index (χ1) is 8.97. The van der Waals surface area contributed by atoms with Crippen LogP contribution >= 0.6 is 11.6 Å². The molecule has 0 fully saturated rings. The van der Waals surface area contributed by atoms with Crippen molar-refractivity contribution in [2.75, 3.05) is 11.1 Å². The van der Waals surface area contributed by atoms with Crippen molar-refractivity contribution >= 4 is 28.9 Å². The zero-order valence-electron chi connectivity index (χ0n) is 10.2. The number of rotatable bonds is 2. The van der Waals surface area contributed by atoms with Crippen LogP contribution in [0.25, 0.3) is 0 Å². The average molecular weight is 279 g/mol. The Hall–Kier alpha value is -2.07. The molecule has 0 saturated carbocycles. The summed E-state index contributed by atoms with van der Waals surface area (Å²) in [7, 11) is 0. The quantitative estimate of drug-likeness (QED) is 0.824. The van der Waals surface area contributed by atoms with Gasteiger partial charge in [-0.2, -0.15) is 0 Å². The summed E-state index contributed by atoms with van der Waals surface area (Å²) in [5.74, 6) is -1.05. The highest BCUT2D eigenvalue weighted by Crippen LogP contribution is 2.21. The zero-order valence-corrected chi connectivity index (χ0v) is 11.0. The summed E-state index contributed by atoms with van der Waals surface area (Å²) in [4.78, 5) is 12.0. The molecule has 0 aliphatic heterocycles. The molecule has 98 valence electrons. The van der Waals surface area contributed by atoms with Gasteiger partial charge in [-0.25, -0.2) is 4.39 Å². The predicted octanol–water partition coefficient (Wildman–Crippen LogP) is 3.62. The Bertz CT molecular complexity index is 643. The van der Waals surface area contributed by atoms with E-state index in [0.717, 1.165) is 11.6 Å². The molecule has 2 aromatic carbocycles. The molecule has 0 atom stereocenters. The van der Waals surface area contributed by atoms with Crippen LogP contribution in [0.3, 0.4) is 0 Å². The van der Waals surface area contributed by atoms with Crippen LogP contribution in [0.15, 0.2) is 36.4 Å². The second-order valence-electron chi connectivity index (χ2n) is 4.17. The number of benzene rings is 2. The molecule has 0 radical (unpaired) electrons. The molecule has 0 spiro atoms. The summed E-state index contributed by atoms with van der Waals surface area (Å²) in [5.41, 5.74) is 7.35. The van der Waals surface area contributed by atoms with E-state index in [-0.39, 0.29) is 10.7 Å². The Morgan fingerprint density at radius 3 is 2.68 bits per heavy atom. The number of nitrogens with one attached hydrogen (secondary N) is 1. The Labute approximate surface area is 115 Å². The Morgan fingerprint density at radius 1 is 1.26 bits per heavy atom. The van der Waals surface area contributed by atoms with Crippen LogP contribution in [0, 0.1) is 12.7 Å². The lowest BCUT2D eigenvalue weighted by Gasteiger charge is -2.09. The molecule has 5 heteroatoms. The lowest BCUT2D eigenvalue weighted by molar-refractivity contribution is 0.102. The van der Waals surface area contributed by atoms with E-state index in [4.69, 9.17) is 17.3 Å². The highest BCUT2D eigenvalue weighted by Gasteiger charge is 2.12. The van der Waals surface area contributed by atoms with Gasteiger partial charge in [-0.05, 0) is 37.3 Å². The molecule has 0 saturated heterocycles. The van der Waals surface area contributed by atoms with Gasteiger partial charge in [0.1, 0.15) is 5.82 Å². The first-order valence-electron chi connectivity index (χ1n) is 5.60. The topological polar surface area (TPSA) is 55.1 Å². The third-order valence-corrected chi connectivity index (χ3v) is 2.87. The summed E-state index contributed by atoms with van der Waals surface area (Å²) in [6.07, 6.45) is 0. The van der Waals surface area contributed by atoms with Crippen LogP contribution in [0.2, 0.25) is 5.02 Å². The zero-order chi connectivity index (χ0) is 14.0. The van der Waals surface area contributed by atoms with E-state index in [1.807, 2.05) is 6.92 Å². The number of carbonyl (C=O) groups excluding carboxylic acids is 1. The van der Waals surface area contributed by atoms with Gasteiger partial charge in [-0.15, -0.1) is 0 Å². The number of carbonyl (C=O) groups is 1. The fourth-order valence-electron chi connectivity index (χ4n) is 1.65. The molecule has 1 amide bonds.